The number of nitrogens with zero attached hydrogens (tertiary/aromatic N) is 2. The van der Waals surface area contributed by atoms with E-state index in [0.717, 1.165) is 29.8 Å². The highest BCUT2D eigenvalue weighted by Gasteiger charge is 2.32. The van der Waals surface area contributed by atoms with Crippen LogP contribution in [0.3, 0.4) is 0 Å². The summed E-state index contributed by atoms with van der Waals surface area (Å²) in [7, 11) is 1.87. The van der Waals surface area contributed by atoms with Gasteiger partial charge in [0.1, 0.15) is 0 Å². The van der Waals surface area contributed by atoms with Crippen LogP contribution in [0.5, 0.6) is 0 Å². The van der Waals surface area contributed by atoms with Gasteiger partial charge in [-0.2, -0.15) is 5.10 Å². The fourth-order valence-electron chi connectivity index (χ4n) is 2.92. The van der Waals surface area contributed by atoms with Gasteiger partial charge in [0, 0.05) is 18.8 Å². The molecule has 0 aromatic carbocycles. The van der Waals surface area contributed by atoms with Crippen molar-refractivity contribution in [2.45, 2.75) is 53.0 Å². The fourth-order valence-corrected chi connectivity index (χ4v) is 2.92. The largest absolute Gasteiger partial charge is 0.349 e. The van der Waals surface area contributed by atoms with Gasteiger partial charge in [0.05, 0.1) is 11.3 Å². The van der Waals surface area contributed by atoms with E-state index in [2.05, 4.69) is 24.3 Å². The molecule has 0 radical (unpaired) electrons. The van der Waals surface area contributed by atoms with Crippen LogP contribution in [0.2, 0.25) is 0 Å². The first-order valence-corrected chi connectivity index (χ1v) is 6.61. The molecule has 0 spiro atoms. The average molecular weight is 249 g/mol. The Kier molecular flexibility index (Phi) is 3.21. The molecule has 1 aromatic rings. The molecule has 1 fully saturated rings. The number of aryl methyl sites for hydroxylation is 2. The number of carbonyl (C=O) groups is 1. The van der Waals surface area contributed by atoms with Crippen LogP contribution in [-0.4, -0.2) is 21.7 Å². The van der Waals surface area contributed by atoms with Crippen molar-refractivity contribution in [3.8, 4) is 0 Å². The van der Waals surface area contributed by atoms with Gasteiger partial charge < -0.3 is 5.32 Å². The smallest absolute Gasteiger partial charge is 0.255 e. The van der Waals surface area contributed by atoms with Crippen LogP contribution >= 0.6 is 0 Å². The van der Waals surface area contributed by atoms with E-state index in [9.17, 15) is 4.79 Å². The molecule has 4 heteroatoms. The molecule has 4 nitrogen and oxygen atoms in total. The Morgan fingerprint density at radius 1 is 1.44 bits per heavy atom. The lowest BCUT2D eigenvalue weighted by Gasteiger charge is -2.17. The fraction of sp³-hybridized carbons (Fsp3) is 0.714. The molecule has 1 atom stereocenters. The van der Waals surface area contributed by atoms with Crippen LogP contribution in [0.15, 0.2) is 0 Å². The van der Waals surface area contributed by atoms with E-state index in [0.29, 0.717) is 11.5 Å². The molecule has 1 aromatic heterocycles. The van der Waals surface area contributed by atoms with Crippen LogP contribution in [0.4, 0.5) is 0 Å². The molecule has 1 saturated carbocycles. The van der Waals surface area contributed by atoms with Crippen molar-refractivity contribution in [3.63, 3.8) is 0 Å². The second kappa shape index (κ2) is 4.41. The summed E-state index contributed by atoms with van der Waals surface area (Å²) in [5, 5.41) is 7.44. The monoisotopic (exact) mass is 249 g/mol. The summed E-state index contributed by atoms with van der Waals surface area (Å²) in [6.07, 6.45) is 3.33. The Hall–Kier alpha value is -1.32. The summed E-state index contributed by atoms with van der Waals surface area (Å²) in [5.74, 6) is 0.0285. The standard InChI is InChI=1S/C14H23N3O/c1-9-12(10(2)17(5)16-9)13(18)15-11-6-7-14(3,4)8-11/h11H,6-8H2,1-5H3,(H,15,18). The molecule has 1 aliphatic rings. The normalized spacial score (nSPS) is 22.2. The minimum absolute atomic E-state index is 0.0285. The topological polar surface area (TPSA) is 46.9 Å². The van der Waals surface area contributed by atoms with Gasteiger partial charge in [0.25, 0.3) is 5.91 Å². The Morgan fingerprint density at radius 2 is 2.11 bits per heavy atom. The number of rotatable bonds is 2. The first-order valence-electron chi connectivity index (χ1n) is 6.61. The summed E-state index contributed by atoms with van der Waals surface area (Å²) in [6.45, 7) is 8.35. The van der Waals surface area contributed by atoms with Crippen molar-refractivity contribution >= 4 is 5.91 Å². The van der Waals surface area contributed by atoms with Gasteiger partial charge in [-0.05, 0) is 38.5 Å². The molecule has 2 rings (SSSR count). The Balaban J connectivity index is 2.09. The first-order chi connectivity index (χ1) is 8.30. The van der Waals surface area contributed by atoms with E-state index in [-0.39, 0.29) is 5.91 Å². The number of nitrogens with one attached hydrogen (secondary N) is 1. The maximum absolute atomic E-state index is 12.3. The van der Waals surface area contributed by atoms with Crippen LogP contribution in [0, 0.1) is 19.3 Å². The third-order valence-electron chi connectivity index (χ3n) is 4.04. The minimum Gasteiger partial charge on any atom is -0.349 e. The second-order valence-corrected chi connectivity index (χ2v) is 6.25. The van der Waals surface area contributed by atoms with Gasteiger partial charge in [-0.25, -0.2) is 0 Å². The van der Waals surface area contributed by atoms with Crippen LogP contribution in [-0.2, 0) is 7.05 Å². The van der Waals surface area contributed by atoms with Crippen LogP contribution in [0.1, 0.15) is 54.9 Å². The van der Waals surface area contributed by atoms with Gasteiger partial charge in [-0.3, -0.25) is 9.48 Å². The van der Waals surface area contributed by atoms with Crippen LogP contribution < -0.4 is 5.32 Å². The highest BCUT2D eigenvalue weighted by Crippen LogP contribution is 2.37. The zero-order valence-electron chi connectivity index (χ0n) is 12.0. The molecule has 1 amide bonds. The third-order valence-corrected chi connectivity index (χ3v) is 4.04. The summed E-state index contributed by atoms with van der Waals surface area (Å²) in [6, 6.07) is 0.312. The predicted octanol–water partition coefficient (Wildman–Crippen LogP) is 2.35. The minimum atomic E-state index is 0.0285. The molecule has 1 unspecified atom stereocenters. The van der Waals surface area contributed by atoms with Gasteiger partial charge in [0.2, 0.25) is 0 Å². The van der Waals surface area contributed by atoms with Crippen molar-refractivity contribution in [2.75, 3.05) is 0 Å². The quantitative estimate of drug-likeness (QED) is 0.874. The van der Waals surface area contributed by atoms with Gasteiger partial charge in [-0.1, -0.05) is 13.8 Å². The third kappa shape index (κ3) is 2.42. The van der Waals surface area contributed by atoms with Crippen molar-refractivity contribution < 1.29 is 4.79 Å². The van der Waals surface area contributed by atoms with E-state index < -0.39 is 0 Å². The molecule has 1 N–H and O–H groups in total. The van der Waals surface area contributed by atoms with Crippen molar-refractivity contribution in [1.82, 2.24) is 15.1 Å². The zero-order chi connectivity index (χ0) is 13.5. The van der Waals surface area contributed by atoms with Crippen molar-refractivity contribution in [2.24, 2.45) is 12.5 Å². The lowest BCUT2D eigenvalue weighted by molar-refractivity contribution is 0.0934. The Labute approximate surface area is 109 Å². The molecular weight excluding hydrogens is 226 g/mol. The van der Waals surface area contributed by atoms with E-state index in [1.54, 1.807) is 4.68 Å². The lowest BCUT2D eigenvalue weighted by atomic mass is 9.92. The summed E-state index contributed by atoms with van der Waals surface area (Å²) < 4.78 is 1.77. The number of hydrogen-bond donors (Lipinski definition) is 1. The number of hydrogen-bond acceptors (Lipinski definition) is 2. The zero-order valence-corrected chi connectivity index (χ0v) is 12.0. The van der Waals surface area contributed by atoms with E-state index in [1.165, 1.54) is 6.42 Å². The number of aromatic nitrogens is 2. The number of amides is 1. The predicted molar refractivity (Wildman–Crippen MR) is 71.6 cm³/mol. The molecule has 1 aliphatic carbocycles. The number of carbonyl (C=O) groups excluding carboxylic acids is 1. The van der Waals surface area contributed by atoms with Crippen LogP contribution in [0.25, 0.3) is 0 Å². The summed E-state index contributed by atoms with van der Waals surface area (Å²) in [4.78, 5) is 12.3. The lowest BCUT2D eigenvalue weighted by Crippen LogP contribution is -2.34. The molecule has 18 heavy (non-hydrogen) atoms. The van der Waals surface area contributed by atoms with Crippen molar-refractivity contribution in [3.05, 3.63) is 17.0 Å². The maximum atomic E-state index is 12.3. The van der Waals surface area contributed by atoms with Crippen molar-refractivity contribution in [1.29, 1.82) is 0 Å². The summed E-state index contributed by atoms with van der Waals surface area (Å²) >= 11 is 0. The molecule has 100 valence electrons. The Bertz CT molecular complexity index is 474. The molecule has 1 heterocycles. The Morgan fingerprint density at radius 3 is 2.56 bits per heavy atom. The summed E-state index contributed by atoms with van der Waals surface area (Å²) in [5.41, 5.74) is 2.84. The highest BCUT2D eigenvalue weighted by molar-refractivity contribution is 5.96. The average Bonchev–Trinajstić information content (AvgIpc) is 2.68. The van der Waals surface area contributed by atoms with Gasteiger partial charge >= 0.3 is 0 Å². The van der Waals surface area contributed by atoms with E-state index in [1.807, 2.05) is 20.9 Å². The maximum Gasteiger partial charge on any atom is 0.255 e. The SMILES string of the molecule is Cc1nn(C)c(C)c1C(=O)NC1CCC(C)(C)C1. The first kappa shape index (κ1) is 13.1. The molecular formula is C14H23N3O. The highest BCUT2D eigenvalue weighted by atomic mass is 16.1. The van der Waals surface area contributed by atoms with Gasteiger partial charge in [-0.15, -0.1) is 0 Å². The van der Waals surface area contributed by atoms with E-state index in [4.69, 9.17) is 0 Å². The molecule has 0 bridgehead atoms. The second-order valence-electron chi connectivity index (χ2n) is 6.25. The van der Waals surface area contributed by atoms with E-state index >= 15 is 0 Å². The molecule has 0 saturated heterocycles. The van der Waals surface area contributed by atoms with Gasteiger partial charge in [0.15, 0.2) is 0 Å². The molecule has 0 aliphatic heterocycles.